The van der Waals surface area contributed by atoms with Crippen molar-refractivity contribution in [1.29, 1.82) is 0 Å². The predicted octanol–water partition coefficient (Wildman–Crippen LogP) is 1.14. The quantitative estimate of drug-likeness (QED) is 0.664. The molecule has 1 saturated heterocycles. The number of halogens is 1. The number of ether oxygens (including phenoxy) is 2. The molecule has 3 rings (SSSR count). The highest BCUT2D eigenvalue weighted by atomic mass is 79.9. The fourth-order valence-electron chi connectivity index (χ4n) is 1.73. The van der Waals surface area contributed by atoms with Gasteiger partial charge in [0.25, 0.3) is 0 Å². The molecule has 3 aliphatic rings. The van der Waals surface area contributed by atoms with Gasteiger partial charge in [-0.25, -0.2) is 0 Å². The van der Waals surface area contributed by atoms with Gasteiger partial charge in [0.1, 0.15) is 18.1 Å². The summed E-state index contributed by atoms with van der Waals surface area (Å²) < 4.78 is 11.0. The zero-order chi connectivity index (χ0) is 10.3. The smallest absolute Gasteiger partial charge is 0.317 e. The molecule has 3 atom stereocenters. The third-order valence-electron chi connectivity index (χ3n) is 2.34. The van der Waals surface area contributed by atoms with Crippen LogP contribution in [0.4, 0.5) is 0 Å². The maximum atomic E-state index is 11.3. The Balaban J connectivity index is 2.18. The summed E-state index contributed by atoms with van der Waals surface area (Å²) in [7, 11) is 0. The maximum absolute atomic E-state index is 11.3. The molecule has 0 aromatic rings. The first kappa shape index (κ1) is 9.71. The summed E-state index contributed by atoms with van der Waals surface area (Å²) in [4.78, 5) is 22.1. The van der Waals surface area contributed by atoms with E-state index < -0.39 is 5.92 Å². The Bertz CT molecular complexity index is 323. The van der Waals surface area contributed by atoms with E-state index in [1.807, 2.05) is 0 Å². The monoisotopic (exact) mass is 260 g/mol. The summed E-state index contributed by atoms with van der Waals surface area (Å²) >= 11 is 3.31. The van der Waals surface area contributed by atoms with E-state index in [0.717, 1.165) is 4.48 Å². The van der Waals surface area contributed by atoms with Gasteiger partial charge < -0.3 is 9.47 Å². The van der Waals surface area contributed by atoms with Crippen LogP contribution in [0.3, 0.4) is 0 Å². The minimum Gasteiger partial charge on any atom is -0.461 e. The number of fused-ring (bicyclic) bond motifs is 2. The summed E-state index contributed by atoms with van der Waals surface area (Å²) in [6.45, 7) is 1.34. The van der Waals surface area contributed by atoms with Gasteiger partial charge in [0.2, 0.25) is 0 Å². The highest BCUT2D eigenvalue weighted by Crippen LogP contribution is 2.37. The molecule has 0 saturated carbocycles. The van der Waals surface area contributed by atoms with Gasteiger partial charge in [-0.1, -0.05) is 22.0 Å². The Labute approximate surface area is 89.4 Å². The summed E-state index contributed by atoms with van der Waals surface area (Å²) in [5.41, 5.74) is 0. The Hall–Kier alpha value is -0.840. The van der Waals surface area contributed by atoms with E-state index in [4.69, 9.17) is 9.47 Å². The molecular weight excluding hydrogens is 252 g/mol. The predicted molar refractivity (Wildman–Crippen MR) is 50.6 cm³/mol. The zero-order valence-corrected chi connectivity index (χ0v) is 9.11. The van der Waals surface area contributed by atoms with Crippen molar-refractivity contribution < 1.29 is 19.1 Å². The minimum absolute atomic E-state index is 0.281. The van der Waals surface area contributed by atoms with E-state index in [-0.39, 0.29) is 24.1 Å². The van der Waals surface area contributed by atoms with E-state index in [1.54, 1.807) is 6.08 Å². The molecular formula is C9H9BrO4. The Morgan fingerprint density at radius 3 is 3.00 bits per heavy atom. The molecule has 0 unspecified atom stereocenters. The second-order valence-electron chi connectivity index (χ2n) is 3.39. The molecule has 1 fully saturated rings. The average Bonchev–Trinajstić information content (AvgIpc) is 2.07. The van der Waals surface area contributed by atoms with Crippen LogP contribution in [0, 0.1) is 5.92 Å². The summed E-state index contributed by atoms with van der Waals surface area (Å²) in [6.07, 6.45) is 1.66. The molecule has 2 bridgehead atoms. The standard InChI is InChI=1S/C9H9BrO4/c1-4(11)13-7-3-8-6(10)2-5(7)9(12)14-8/h2,5,7-8H,3H2,1H3/t5-,7-,8-/m0/s1. The zero-order valence-electron chi connectivity index (χ0n) is 7.53. The minimum atomic E-state index is -0.446. The van der Waals surface area contributed by atoms with Gasteiger partial charge in [-0.2, -0.15) is 0 Å². The Kier molecular flexibility index (Phi) is 2.34. The average molecular weight is 261 g/mol. The Morgan fingerprint density at radius 1 is 1.71 bits per heavy atom. The number of carbonyl (C=O) groups excluding carboxylic acids is 2. The Morgan fingerprint density at radius 2 is 2.43 bits per heavy atom. The van der Waals surface area contributed by atoms with Crippen molar-refractivity contribution in [2.75, 3.05) is 0 Å². The number of carbonyl (C=O) groups is 2. The second-order valence-corrected chi connectivity index (χ2v) is 4.30. The first-order chi connectivity index (χ1) is 6.58. The summed E-state index contributed by atoms with van der Waals surface area (Å²) in [5, 5.41) is 0. The van der Waals surface area contributed by atoms with Gasteiger partial charge in [-0.15, -0.1) is 0 Å². The lowest BCUT2D eigenvalue weighted by molar-refractivity contribution is -0.174. The van der Waals surface area contributed by atoms with Crippen molar-refractivity contribution in [2.24, 2.45) is 5.92 Å². The van der Waals surface area contributed by atoms with Crippen LogP contribution >= 0.6 is 15.9 Å². The van der Waals surface area contributed by atoms with Crippen molar-refractivity contribution in [2.45, 2.75) is 25.6 Å². The summed E-state index contributed by atoms with van der Waals surface area (Å²) in [5.74, 6) is -1.12. The van der Waals surface area contributed by atoms with E-state index in [0.29, 0.717) is 6.42 Å². The molecule has 14 heavy (non-hydrogen) atoms. The maximum Gasteiger partial charge on any atom is 0.317 e. The molecule has 2 heterocycles. The van der Waals surface area contributed by atoms with Crippen LogP contribution in [0.1, 0.15) is 13.3 Å². The topological polar surface area (TPSA) is 52.6 Å². The molecule has 5 heteroatoms. The number of hydrogen-bond acceptors (Lipinski definition) is 4. The van der Waals surface area contributed by atoms with Crippen molar-refractivity contribution >= 4 is 27.9 Å². The van der Waals surface area contributed by atoms with Gasteiger partial charge in [0.15, 0.2) is 0 Å². The van der Waals surface area contributed by atoms with Crippen LogP contribution in [-0.4, -0.2) is 24.1 Å². The van der Waals surface area contributed by atoms with Crippen LogP contribution in [0.15, 0.2) is 10.6 Å². The molecule has 0 aromatic heterocycles. The van der Waals surface area contributed by atoms with Gasteiger partial charge in [0, 0.05) is 17.8 Å². The first-order valence-corrected chi connectivity index (χ1v) is 5.12. The molecule has 0 aromatic carbocycles. The third kappa shape index (κ3) is 1.56. The van der Waals surface area contributed by atoms with Gasteiger partial charge in [-0.05, 0) is 0 Å². The van der Waals surface area contributed by atoms with E-state index >= 15 is 0 Å². The molecule has 0 N–H and O–H groups in total. The third-order valence-corrected chi connectivity index (χ3v) is 3.12. The van der Waals surface area contributed by atoms with Crippen molar-refractivity contribution in [3.05, 3.63) is 10.6 Å². The molecule has 0 amide bonds. The fourth-order valence-corrected chi connectivity index (χ4v) is 2.30. The lowest BCUT2D eigenvalue weighted by atomic mass is 9.88. The van der Waals surface area contributed by atoms with Crippen molar-refractivity contribution in [3.63, 3.8) is 0 Å². The number of esters is 2. The van der Waals surface area contributed by atoms with Crippen LogP contribution in [-0.2, 0) is 19.1 Å². The van der Waals surface area contributed by atoms with Crippen LogP contribution < -0.4 is 0 Å². The van der Waals surface area contributed by atoms with Gasteiger partial charge in [-0.3, -0.25) is 9.59 Å². The lowest BCUT2D eigenvalue weighted by Gasteiger charge is -2.37. The highest BCUT2D eigenvalue weighted by molar-refractivity contribution is 9.11. The number of rotatable bonds is 1. The SMILES string of the molecule is CC(=O)O[C@H]1C[C@@H]2OC(=O)[C@H]1C=C2Br. The van der Waals surface area contributed by atoms with Gasteiger partial charge in [0.05, 0.1) is 0 Å². The van der Waals surface area contributed by atoms with Crippen LogP contribution in [0.25, 0.3) is 0 Å². The van der Waals surface area contributed by atoms with Crippen molar-refractivity contribution in [1.82, 2.24) is 0 Å². The van der Waals surface area contributed by atoms with Crippen LogP contribution in [0.2, 0.25) is 0 Å². The van der Waals surface area contributed by atoms with Crippen LogP contribution in [0.5, 0.6) is 0 Å². The fraction of sp³-hybridized carbons (Fsp3) is 0.556. The first-order valence-electron chi connectivity index (χ1n) is 4.33. The van der Waals surface area contributed by atoms with E-state index in [1.165, 1.54) is 6.92 Å². The normalized spacial score (nSPS) is 34.9. The second kappa shape index (κ2) is 3.38. The molecule has 0 radical (unpaired) electrons. The molecule has 2 aliphatic heterocycles. The molecule has 0 spiro atoms. The van der Waals surface area contributed by atoms with Gasteiger partial charge >= 0.3 is 11.9 Å². The molecule has 4 nitrogen and oxygen atoms in total. The highest BCUT2D eigenvalue weighted by Gasteiger charge is 2.44. The largest absolute Gasteiger partial charge is 0.461 e. The van der Waals surface area contributed by atoms with Crippen molar-refractivity contribution in [3.8, 4) is 0 Å². The molecule has 1 aliphatic carbocycles. The summed E-state index contributed by atoms with van der Waals surface area (Å²) in [6, 6.07) is 0. The van der Waals surface area contributed by atoms with E-state index in [9.17, 15) is 9.59 Å². The van der Waals surface area contributed by atoms with E-state index in [2.05, 4.69) is 15.9 Å². The lowest BCUT2D eigenvalue weighted by Crippen LogP contribution is -2.46. The molecule has 76 valence electrons. The number of hydrogen-bond donors (Lipinski definition) is 0.